The van der Waals surface area contributed by atoms with E-state index in [-0.39, 0.29) is 0 Å². The van der Waals surface area contributed by atoms with Crippen LogP contribution in [0, 0.1) is 0 Å². The summed E-state index contributed by atoms with van der Waals surface area (Å²) in [5, 5.41) is 3.48. The van der Waals surface area contributed by atoms with E-state index < -0.39 is 0 Å². The fourth-order valence-electron chi connectivity index (χ4n) is 0.613. The summed E-state index contributed by atoms with van der Waals surface area (Å²) in [4.78, 5) is 4.04. The molecule has 0 heterocycles. The molecule has 0 aromatic carbocycles. The monoisotopic (exact) mass is 200 g/mol. The van der Waals surface area contributed by atoms with E-state index in [9.17, 15) is 0 Å². The first kappa shape index (κ1) is 12.2. The van der Waals surface area contributed by atoms with Gasteiger partial charge in [-0.2, -0.15) is 0 Å². The maximum absolute atomic E-state index is 5.81. The molecule has 74 valence electrons. The Morgan fingerprint density at radius 3 is 2.77 bits per heavy atom. The molecule has 0 rings (SSSR count). The lowest BCUT2D eigenvalue weighted by Crippen LogP contribution is -2.00. The predicted octanol–water partition coefficient (Wildman–Crippen LogP) is 3.06. The molecule has 0 saturated heterocycles. The second kappa shape index (κ2) is 7.87. The summed E-state index contributed by atoms with van der Waals surface area (Å²) >= 11 is 5.81. The van der Waals surface area contributed by atoms with Crippen LogP contribution in [0.3, 0.4) is 0 Å². The van der Waals surface area contributed by atoms with Crippen LogP contribution in [0.1, 0.15) is 26.7 Å². The van der Waals surface area contributed by atoms with Crippen molar-refractivity contribution in [2.24, 2.45) is 4.99 Å². The molecule has 0 fully saturated rings. The van der Waals surface area contributed by atoms with Crippen LogP contribution in [-0.4, -0.2) is 12.2 Å². The average Bonchev–Trinajstić information content (AvgIpc) is 2.14. The van der Waals surface area contributed by atoms with Crippen LogP contribution in [0.15, 0.2) is 29.0 Å². The fourth-order valence-corrected chi connectivity index (χ4v) is 0.751. The number of nitrogens with zero attached hydrogens (tertiary/aromatic N) is 1. The minimum absolute atomic E-state index is 0.517. The first-order valence-electron chi connectivity index (χ1n) is 4.45. The summed E-state index contributed by atoms with van der Waals surface area (Å²) in [6.45, 7) is 4.06. The second-order valence-electron chi connectivity index (χ2n) is 2.70. The topological polar surface area (TPSA) is 24.4 Å². The number of hydrogen-bond donors (Lipinski definition) is 1. The highest BCUT2D eigenvalue weighted by atomic mass is 35.5. The van der Waals surface area contributed by atoms with Crippen molar-refractivity contribution in [3.05, 3.63) is 24.0 Å². The van der Waals surface area contributed by atoms with Gasteiger partial charge in [0.1, 0.15) is 5.17 Å². The van der Waals surface area contributed by atoms with Gasteiger partial charge in [-0.15, -0.1) is 0 Å². The highest BCUT2D eigenvalue weighted by Crippen LogP contribution is 1.95. The van der Waals surface area contributed by atoms with E-state index in [1.54, 1.807) is 6.20 Å². The molecule has 13 heavy (non-hydrogen) atoms. The quantitative estimate of drug-likeness (QED) is 0.678. The fraction of sp³-hybridized carbons (Fsp3) is 0.500. The Balaban J connectivity index is 4.02. The lowest BCUT2D eigenvalue weighted by atomic mass is 10.3. The van der Waals surface area contributed by atoms with Gasteiger partial charge in [0.25, 0.3) is 0 Å². The number of halogens is 1. The molecular formula is C10H17ClN2. The Hall–Kier alpha value is -0.760. The molecule has 0 spiro atoms. The van der Waals surface area contributed by atoms with Gasteiger partial charge in [0.15, 0.2) is 0 Å². The van der Waals surface area contributed by atoms with E-state index in [1.165, 1.54) is 0 Å². The molecule has 0 unspecified atom stereocenters. The molecule has 0 aliphatic carbocycles. The zero-order valence-electron chi connectivity index (χ0n) is 8.47. The van der Waals surface area contributed by atoms with E-state index in [1.807, 2.05) is 26.1 Å². The van der Waals surface area contributed by atoms with Crippen molar-refractivity contribution >= 4 is 16.8 Å². The van der Waals surface area contributed by atoms with Gasteiger partial charge < -0.3 is 5.32 Å². The van der Waals surface area contributed by atoms with Gasteiger partial charge in [-0.1, -0.05) is 31.0 Å². The molecule has 0 radical (unpaired) electrons. The molecule has 0 amide bonds. The van der Waals surface area contributed by atoms with E-state index in [2.05, 4.69) is 17.2 Å². The summed E-state index contributed by atoms with van der Waals surface area (Å²) < 4.78 is 0. The number of aliphatic imine (C=N–C) groups is 1. The van der Waals surface area contributed by atoms with Gasteiger partial charge in [0.2, 0.25) is 0 Å². The Morgan fingerprint density at radius 1 is 1.54 bits per heavy atom. The van der Waals surface area contributed by atoms with Gasteiger partial charge in [-0.25, -0.2) is 4.99 Å². The van der Waals surface area contributed by atoms with Crippen LogP contribution < -0.4 is 5.32 Å². The van der Waals surface area contributed by atoms with Crippen LogP contribution >= 0.6 is 11.6 Å². The molecule has 0 bridgehead atoms. The van der Waals surface area contributed by atoms with Crippen molar-refractivity contribution in [3.8, 4) is 0 Å². The number of nitrogens with one attached hydrogen (secondary N) is 1. The lowest BCUT2D eigenvalue weighted by Gasteiger charge is -1.94. The van der Waals surface area contributed by atoms with Gasteiger partial charge in [-0.3, -0.25) is 0 Å². The number of allylic oxidation sites excluding steroid dienone is 3. The molecule has 0 aromatic rings. The average molecular weight is 201 g/mol. The van der Waals surface area contributed by atoms with E-state index in [0.29, 0.717) is 5.17 Å². The number of hydrogen-bond acceptors (Lipinski definition) is 2. The molecule has 0 aliphatic rings. The Kier molecular flexibility index (Phi) is 7.41. The maximum Gasteiger partial charge on any atom is 0.128 e. The minimum Gasteiger partial charge on any atom is -0.390 e. The smallest absolute Gasteiger partial charge is 0.128 e. The Labute approximate surface area is 85.4 Å². The molecule has 1 N–H and O–H groups in total. The largest absolute Gasteiger partial charge is 0.390 e. The third kappa shape index (κ3) is 7.60. The summed E-state index contributed by atoms with van der Waals surface area (Å²) in [5.74, 6) is 0. The summed E-state index contributed by atoms with van der Waals surface area (Å²) in [7, 11) is 1.85. The highest BCUT2D eigenvalue weighted by Gasteiger charge is 1.84. The first-order chi connectivity index (χ1) is 6.20. The zero-order valence-corrected chi connectivity index (χ0v) is 9.23. The van der Waals surface area contributed by atoms with E-state index in [4.69, 9.17) is 11.6 Å². The SMILES string of the molecule is CCC/C=C/C(Cl)=N\C=C(/C)NC. The van der Waals surface area contributed by atoms with Crippen molar-refractivity contribution in [2.75, 3.05) is 7.05 Å². The lowest BCUT2D eigenvalue weighted by molar-refractivity contribution is 0.959. The first-order valence-corrected chi connectivity index (χ1v) is 4.82. The number of unbranched alkanes of at least 4 members (excludes halogenated alkanes) is 1. The summed E-state index contributed by atoms with van der Waals surface area (Å²) in [6.07, 6.45) is 7.73. The van der Waals surface area contributed by atoms with Crippen molar-refractivity contribution in [1.29, 1.82) is 0 Å². The van der Waals surface area contributed by atoms with Gasteiger partial charge in [-0.05, 0) is 19.4 Å². The van der Waals surface area contributed by atoms with Crippen LogP contribution in [0.25, 0.3) is 0 Å². The van der Waals surface area contributed by atoms with Crippen LogP contribution in [0.2, 0.25) is 0 Å². The Morgan fingerprint density at radius 2 is 2.23 bits per heavy atom. The summed E-state index contributed by atoms with van der Waals surface area (Å²) in [5.41, 5.74) is 0.988. The van der Waals surface area contributed by atoms with E-state index >= 15 is 0 Å². The van der Waals surface area contributed by atoms with Gasteiger partial charge in [0, 0.05) is 18.9 Å². The molecule has 0 aliphatic heterocycles. The second-order valence-corrected chi connectivity index (χ2v) is 3.09. The maximum atomic E-state index is 5.81. The Bertz CT molecular complexity index is 217. The van der Waals surface area contributed by atoms with Crippen LogP contribution in [0.5, 0.6) is 0 Å². The third-order valence-corrected chi connectivity index (χ3v) is 1.71. The van der Waals surface area contributed by atoms with Crippen LogP contribution in [0.4, 0.5) is 0 Å². The normalized spacial score (nSPS) is 13.8. The molecule has 2 nitrogen and oxygen atoms in total. The van der Waals surface area contributed by atoms with Gasteiger partial charge in [0.05, 0.1) is 0 Å². The zero-order chi connectivity index (χ0) is 10.1. The molecule has 3 heteroatoms. The van der Waals surface area contributed by atoms with Crippen molar-refractivity contribution in [1.82, 2.24) is 5.32 Å². The molecule has 0 atom stereocenters. The van der Waals surface area contributed by atoms with Crippen molar-refractivity contribution in [3.63, 3.8) is 0 Å². The molecule has 0 saturated carbocycles. The van der Waals surface area contributed by atoms with Crippen molar-refractivity contribution < 1.29 is 0 Å². The van der Waals surface area contributed by atoms with Gasteiger partial charge >= 0.3 is 0 Å². The summed E-state index contributed by atoms with van der Waals surface area (Å²) in [6, 6.07) is 0. The number of rotatable bonds is 5. The van der Waals surface area contributed by atoms with Crippen LogP contribution in [-0.2, 0) is 0 Å². The van der Waals surface area contributed by atoms with E-state index in [0.717, 1.165) is 18.5 Å². The van der Waals surface area contributed by atoms with Crippen molar-refractivity contribution in [2.45, 2.75) is 26.7 Å². The molecule has 0 aromatic heterocycles. The minimum atomic E-state index is 0.517. The standard InChI is InChI=1S/C10H17ClN2/c1-4-5-6-7-10(11)13-8-9(2)12-3/h6-8,12H,4-5H2,1-3H3/b7-6+,9-8+,13-10+. The predicted molar refractivity (Wildman–Crippen MR) is 60.2 cm³/mol. The third-order valence-electron chi connectivity index (χ3n) is 1.49. The molecular weight excluding hydrogens is 184 g/mol. The highest BCUT2D eigenvalue weighted by molar-refractivity contribution is 6.68.